The van der Waals surface area contributed by atoms with Crippen molar-refractivity contribution in [3.63, 3.8) is 0 Å². The molecule has 0 bridgehead atoms. The van der Waals surface area contributed by atoms with Gasteiger partial charge in [-0.05, 0) is 36.8 Å². The molecule has 2 rings (SSSR count). The smallest absolute Gasteiger partial charge is 0.288 e. The van der Waals surface area contributed by atoms with Crippen LogP contribution in [0.4, 0.5) is 14.5 Å². The summed E-state index contributed by atoms with van der Waals surface area (Å²) < 4.78 is 24.4. The van der Waals surface area contributed by atoms with Crippen molar-refractivity contribution in [1.29, 1.82) is 0 Å². The van der Waals surface area contributed by atoms with E-state index in [0.29, 0.717) is 23.2 Å². The molecular formula is C15H15F2NOS. The van der Waals surface area contributed by atoms with E-state index >= 15 is 0 Å². The number of anilines is 1. The second-order valence-electron chi connectivity index (χ2n) is 4.34. The van der Waals surface area contributed by atoms with E-state index in [9.17, 15) is 13.9 Å². The van der Waals surface area contributed by atoms with E-state index in [0.717, 1.165) is 16.8 Å². The third kappa shape index (κ3) is 3.87. The lowest BCUT2D eigenvalue weighted by Gasteiger charge is -2.10. The van der Waals surface area contributed by atoms with Crippen LogP contribution in [0.25, 0.3) is 0 Å². The number of aromatic hydroxyl groups is 1. The first-order chi connectivity index (χ1) is 9.56. The first-order valence-electron chi connectivity index (χ1n) is 6.12. The summed E-state index contributed by atoms with van der Waals surface area (Å²) in [6.07, 6.45) is 0. The summed E-state index contributed by atoms with van der Waals surface area (Å²) in [4.78, 5) is 0.531. The highest BCUT2D eigenvalue weighted by atomic mass is 32.2. The molecule has 0 atom stereocenters. The molecule has 0 amide bonds. The van der Waals surface area contributed by atoms with E-state index in [4.69, 9.17) is 0 Å². The summed E-state index contributed by atoms with van der Waals surface area (Å²) in [6, 6.07) is 12.4. The lowest BCUT2D eigenvalue weighted by atomic mass is 10.1. The number of hydrogen-bond donors (Lipinski definition) is 2. The van der Waals surface area contributed by atoms with Crippen LogP contribution in [-0.4, -0.2) is 10.9 Å². The largest absolute Gasteiger partial charge is 0.507 e. The van der Waals surface area contributed by atoms with Crippen LogP contribution in [0.3, 0.4) is 0 Å². The Kier molecular flexibility index (Phi) is 4.84. The molecule has 2 N–H and O–H groups in total. The van der Waals surface area contributed by atoms with Gasteiger partial charge in [-0.25, -0.2) is 0 Å². The normalized spacial score (nSPS) is 10.8. The topological polar surface area (TPSA) is 32.3 Å². The zero-order chi connectivity index (χ0) is 14.5. The first kappa shape index (κ1) is 14.7. The maximum atomic E-state index is 12.2. The number of hydrogen-bond acceptors (Lipinski definition) is 3. The fourth-order valence-corrected chi connectivity index (χ4v) is 2.31. The van der Waals surface area contributed by atoms with Crippen molar-refractivity contribution in [2.75, 3.05) is 5.32 Å². The number of alkyl halides is 2. The van der Waals surface area contributed by atoms with Gasteiger partial charge in [0.05, 0.1) is 0 Å². The monoisotopic (exact) mass is 295 g/mol. The average molecular weight is 295 g/mol. The van der Waals surface area contributed by atoms with Gasteiger partial charge in [-0.15, -0.1) is 0 Å². The Morgan fingerprint density at radius 2 is 1.85 bits per heavy atom. The van der Waals surface area contributed by atoms with E-state index in [1.165, 1.54) is 0 Å². The second-order valence-corrected chi connectivity index (χ2v) is 5.40. The molecule has 2 nitrogen and oxygen atoms in total. The number of phenols is 1. The number of nitrogens with one attached hydrogen (secondary N) is 1. The summed E-state index contributed by atoms with van der Waals surface area (Å²) in [7, 11) is 0. The van der Waals surface area contributed by atoms with Gasteiger partial charge in [0, 0.05) is 22.7 Å². The van der Waals surface area contributed by atoms with Crippen molar-refractivity contribution < 1.29 is 13.9 Å². The molecule has 2 aromatic carbocycles. The van der Waals surface area contributed by atoms with Crippen molar-refractivity contribution in [1.82, 2.24) is 0 Å². The van der Waals surface area contributed by atoms with Gasteiger partial charge in [0.15, 0.2) is 0 Å². The van der Waals surface area contributed by atoms with Crippen LogP contribution in [0, 0.1) is 6.92 Å². The van der Waals surface area contributed by atoms with Crippen LogP contribution in [0.15, 0.2) is 47.4 Å². The van der Waals surface area contributed by atoms with Gasteiger partial charge in [-0.2, -0.15) is 8.78 Å². The Bertz CT molecular complexity index is 573. The van der Waals surface area contributed by atoms with Gasteiger partial charge in [-0.1, -0.05) is 30.0 Å². The Morgan fingerprint density at radius 1 is 1.15 bits per heavy atom. The molecule has 2 aromatic rings. The highest BCUT2D eigenvalue weighted by molar-refractivity contribution is 7.99. The number of aryl methyl sites for hydroxylation is 1. The minimum absolute atomic E-state index is 0.282. The Hall–Kier alpha value is -1.75. The molecule has 106 valence electrons. The van der Waals surface area contributed by atoms with Gasteiger partial charge >= 0.3 is 0 Å². The Morgan fingerprint density at radius 3 is 2.50 bits per heavy atom. The molecule has 0 fully saturated rings. The maximum absolute atomic E-state index is 12.2. The lowest BCUT2D eigenvalue weighted by Crippen LogP contribution is -2.00. The fraction of sp³-hybridized carbons (Fsp3) is 0.200. The number of halogens is 2. The third-order valence-corrected chi connectivity index (χ3v) is 3.61. The molecule has 0 spiro atoms. The minimum atomic E-state index is -2.40. The molecule has 0 heterocycles. The molecule has 0 unspecified atom stereocenters. The SMILES string of the molecule is Cc1cccc(CNc2ccc(SC(F)F)cc2)c1O. The van der Waals surface area contributed by atoms with Crippen LogP contribution >= 0.6 is 11.8 Å². The minimum Gasteiger partial charge on any atom is -0.507 e. The molecule has 0 aromatic heterocycles. The molecule has 20 heavy (non-hydrogen) atoms. The van der Waals surface area contributed by atoms with E-state index in [1.54, 1.807) is 24.3 Å². The van der Waals surface area contributed by atoms with Crippen molar-refractivity contribution in [2.45, 2.75) is 24.1 Å². The average Bonchev–Trinajstić information content (AvgIpc) is 2.41. The molecule has 5 heteroatoms. The molecule has 0 saturated heterocycles. The molecular weight excluding hydrogens is 280 g/mol. The van der Waals surface area contributed by atoms with Gasteiger partial charge in [0.2, 0.25) is 0 Å². The predicted molar refractivity (Wildman–Crippen MR) is 78.5 cm³/mol. The van der Waals surface area contributed by atoms with Gasteiger partial charge < -0.3 is 10.4 Å². The highest BCUT2D eigenvalue weighted by Crippen LogP contribution is 2.27. The van der Waals surface area contributed by atoms with Crippen LogP contribution < -0.4 is 5.32 Å². The Balaban J connectivity index is 1.99. The van der Waals surface area contributed by atoms with Gasteiger partial charge in [0.1, 0.15) is 5.75 Å². The van der Waals surface area contributed by atoms with E-state index in [2.05, 4.69) is 5.32 Å². The summed E-state index contributed by atoms with van der Waals surface area (Å²) in [5.41, 5.74) is 2.45. The van der Waals surface area contributed by atoms with Gasteiger partial charge in [0.25, 0.3) is 5.76 Å². The van der Waals surface area contributed by atoms with Crippen LogP contribution in [0.1, 0.15) is 11.1 Å². The summed E-state index contributed by atoms with van der Waals surface area (Å²) in [5.74, 6) is -2.12. The second kappa shape index (κ2) is 6.61. The summed E-state index contributed by atoms with van der Waals surface area (Å²) >= 11 is 0.525. The third-order valence-electron chi connectivity index (χ3n) is 2.88. The van der Waals surface area contributed by atoms with Crippen molar-refractivity contribution >= 4 is 17.4 Å². The fourth-order valence-electron chi connectivity index (χ4n) is 1.81. The number of phenolic OH excluding ortho intramolecular Hbond substituents is 1. The Labute approximate surface area is 120 Å². The number of thioether (sulfide) groups is 1. The molecule has 0 saturated carbocycles. The summed E-state index contributed by atoms with van der Waals surface area (Å²) in [6.45, 7) is 2.32. The summed E-state index contributed by atoms with van der Waals surface area (Å²) in [5, 5.41) is 13.0. The van der Waals surface area contributed by atoms with Crippen molar-refractivity contribution in [2.24, 2.45) is 0 Å². The maximum Gasteiger partial charge on any atom is 0.288 e. The number of para-hydroxylation sites is 1. The number of rotatable bonds is 5. The van der Waals surface area contributed by atoms with E-state index in [1.807, 2.05) is 25.1 Å². The van der Waals surface area contributed by atoms with Crippen molar-refractivity contribution in [3.8, 4) is 5.75 Å². The zero-order valence-electron chi connectivity index (χ0n) is 10.9. The molecule has 0 aliphatic heterocycles. The first-order valence-corrected chi connectivity index (χ1v) is 7.00. The highest BCUT2D eigenvalue weighted by Gasteiger charge is 2.06. The standard InChI is InChI=1S/C15H15F2NOS/c1-10-3-2-4-11(14(10)19)9-18-12-5-7-13(8-6-12)20-15(16)17/h2-8,15,18-19H,9H2,1H3. The van der Waals surface area contributed by atoms with E-state index in [-0.39, 0.29) is 5.75 Å². The molecule has 0 aliphatic carbocycles. The quantitative estimate of drug-likeness (QED) is 0.789. The van der Waals surface area contributed by atoms with Crippen LogP contribution in [-0.2, 0) is 6.54 Å². The lowest BCUT2D eigenvalue weighted by molar-refractivity contribution is 0.252. The number of benzene rings is 2. The zero-order valence-corrected chi connectivity index (χ0v) is 11.8. The van der Waals surface area contributed by atoms with E-state index < -0.39 is 5.76 Å². The molecule has 0 radical (unpaired) electrons. The van der Waals surface area contributed by atoms with Gasteiger partial charge in [-0.3, -0.25) is 0 Å². The van der Waals surface area contributed by atoms with Crippen molar-refractivity contribution in [3.05, 3.63) is 53.6 Å². The predicted octanol–water partition coefficient (Wildman–Crippen LogP) is 4.63. The van der Waals surface area contributed by atoms with Crippen LogP contribution in [0.5, 0.6) is 5.75 Å². The molecule has 0 aliphatic rings. The van der Waals surface area contributed by atoms with Crippen LogP contribution in [0.2, 0.25) is 0 Å².